The number of rotatable bonds is 5. The normalized spacial score (nSPS) is 9.50. The van der Waals surface area contributed by atoms with Crippen LogP contribution in [0.1, 0.15) is 12.0 Å². The minimum absolute atomic E-state index is 0.310. The molecule has 0 saturated carbocycles. The van der Waals surface area contributed by atoms with E-state index in [0.717, 1.165) is 5.69 Å². The standard InChI is InChI=1S/C13H16N2O/c1-3-8-15(9-7-13(14)16)12-6-4-5-11(2)10-12/h1,4-6,10H,7-9H2,2H3,(H2,14,16). The molecule has 3 heteroatoms. The molecule has 1 amide bonds. The Morgan fingerprint density at radius 3 is 2.88 bits per heavy atom. The van der Waals surface area contributed by atoms with E-state index in [9.17, 15) is 4.79 Å². The number of hydrogen-bond donors (Lipinski definition) is 1. The molecule has 0 aliphatic carbocycles. The Bertz CT molecular complexity index is 407. The largest absolute Gasteiger partial charge is 0.370 e. The fourth-order valence-corrected chi connectivity index (χ4v) is 1.48. The van der Waals surface area contributed by atoms with E-state index in [0.29, 0.717) is 19.5 Å². The van der Waals surface area contributed by atoms with Gasteiger partial charge in [-0.05, 0) is 24.6 Å². The van der Waals surface area contributed by atoms with Crippen LogP contribution in [0, 0.1) is 19.3 Å². The molecule has 0 radical (unpaired) electrons. The highest BCUT2D eigenvalue weighted by Crippen LogP contribution is 2.15. The molecule has 1 aromatic rings. The maximum absolute atomic E-state index is 10.8. The van der Waals surface area contributed by atoms with Crippen LogP contribution in [0.25, 0.3) is 0 Å². The van der Waals surface area contributed by atoms with Crippen molar-refractivity contribution in [3.05, 3.63) is 29.8 Å². The van der Waals surface area contributed by atoms with Gasteiger partial charge in [0.1, 0.15) is 0 Å². The van der Waals surface area contributed by atoms with Gasteiger partial charge in [-0.1, -0.05) is 18.1 Å². The van der Waals surface area contributed by atoms with Crippen molar-refractivity contribution >= 4 is 11.6 Å². The van der Waals surface area contributed by atoms with Crippen LogP contribution in [0.3, 0.4) is 0 Å². The quantitative estimate of drug-likeness (QED) is 0.754. The number of primary amides is 1. The van der Waals surface area contributed by atoms with E-state index in [-0.39, 0.29) is 5.91 Å². The van der Waals surface area contributed by atoms with E-state index < -0.39 is 0 Å². The van der Waals surface area contributed by atoms with Gasteiger partial charge in [-0.2, -0.15) is 0 Å². The van der Waals surface area contributed by atoms with E-state index in [1.54, 1.807) is 0 Å². The number of nitrogens with two attached hydrogens (primary N) is 1. The fourth-order valence-electron chi connectivity index (χ4n) is 1.48. The Kier molecular flexibility index (Phi) is 4.41. The summed E-state index contributed by atoms with van der Waals surface area (Å²) in [6, 6.07) is 8.01. The number of anilines is 1. The van der Waals surface area contributed by atoms with Gasteiger partial charge in [0.2, 0.25) is 5.91 Å². The van der Waals surface area contributed by atoms with Gasteiger partial charge in [0.15, 0.2) is 0 Å². The van der Waals surface area contributed by atoms with Gasteiger partial charge >= 0.3 is 0 Å². The Morgan fingerprint density at radius 1 is 1.56 bits per heavy atom. The zero-order chi connectivity index (χ0) is 12.0. The lowest BCUT2D eigenvalue weighted by Gasteiger charge is -2.22. The van der Waals surface area contributed by atoms with Crippen LogP contribution in [0.5, 0.6) is 0 Å². The molecule has 84 valence electrons. The third-order valence-corrected chi connectivity index (χ3v) is 2.28. The van der Waals surface area contributed by atoms with Crippen LogP contribution in [0.15, 0.2) is 24.3 Å². The van der Waals surface area contributed by atoms with E-state index in [1.807, 2.05) is 36.1 Å². The molecule has 0 saturated heterocycles. The average molecular weight is 216 g/mol. The summed E-state index contributed by atoms with van der Waals surface area (Å²) in [6.07, 6.45) is 5.62. The first-order chi connectivity index (χ1) is 7.63. The molecule has 1 rings (SSSR count). The van der Waals surface area contributed by atoms with Crippen molar-refractivity contribution in [2.75, 3.05) is 18.0 Å². The lowest BCUT2D eigenvalue weighted by Crippen LogP contribution is -2.28. The summed E-state index contributed by atoms with van der Waals surface area (Å²) in [5.74, 6) is 2.27. The second kappa shape index (κ2) is 5.82. The third kappa shape index (κ3) is 3.66. The molecule has 0 bridgehead atoms. The van der Waals surface area contributed by atoms with Gasteiger partial charge in [0.05, 0.1) is 6.54 Å². The number of carbonyl (C=O) groups is 1. The molecule has 1 aromatic carbocycles. The first-order valence-corrected chi connectivity index (χ1v) is 5.17. The lowest BCUT2D eigenvalue weighted by atomic mass is 10.2. The number of amides is 1. The number of hydrogen-bond acceptors (Lipinski definition) is 2. The second-order valence-corrected chi connectivity index (χ2v) is 3.68. The van der Waals surface area contributed by atoms with Crippen molar-refractivity contribution in [3.63, 3.8) is 0 Å². The zero-order valence-electron chi connectivity index (χ0n) is 9.44. The molecular weight excluding hydrogens is 200 g/mol. The van der Waals surface area contributed by atoms with Crippen LogP contribution in [-0.4, -0.2) is 19.0 Å². The molecule has 0 aliphatic rings. The van der Waals surface area contributed by atoms with Crippen molar-refractivity contribution < 1.29 is 4.79 Å². The molecule has 0 spiro atoms. The first kappa shape index (κ1) is 12.1. The van der Waals surface area contributed by atoms with Crippen molar-refractivity contribution in [2.24, 2.45) is 5.73 Å². The fraction of sp³-hybridized carbons (Fsp3) is 0.308. The third-order valence-electron chi connectivity index (χ3n) is 2.28. The predicted octanol–water partition coefficient (Wildman–Crippen LogP) is 1.31. The second-order valence-electron chi connectivity index (χ2n) is 3.68. The highest BCUT2D eigenvalue weighted by molar-refractivity contribution is 5.74. The van der Waals surface area contributed by atoms with Gasteiger partial charge in [-0.3, -0.25) is 4.79 Å². The van der Waals surface area contributed by atoms with E-state index in [4.69, 9.17) is 12.2 Å². The van der Waals surface area contributed by atoms with Gasteiger partial charge < -0.3 is 10.6 Å². The summed E-state index contributed by atoms with van der Waals surface area (Å²) in [5, 5.41) is 0. The Labute approximate surface area is 96.2 Å². The Morgan fingerprint density at radius 2 is 2.31 bits per heavy atom. The van der Waals surface area contributed by atoms with Crippen molar-refractivity contribution in [2.45, 2.75) is 13.3 Å². The number of carbonyl (C=O) groups excluding carboxylic acids is 1. The molecule has 0 fully saturated rings. The molecule has 3 nitrogen and oxygen atoms in total. The molecule has 0 aliphatic heterocycles. The lowest BCUT2D eigenvalue weighted by molar-refractivity contribution is -0.117. The molecular formula is C13H16N2O. The maximum Gasteiger partial charge on any atom is 0.219 e. The highest BCUT2D eigenvalue weighted by atomic mass is 16.1. The molecule has 0 unspecified atom stereocenters. The SMILES string of the molecule is C#CCN(CCC(N)=O)c1cccc(C)c1. The first-order valence-electron chi connectivity index (χ1n) is 5.17. The highest BCUT2D eigenvalue weighted by Gasteiger charge is 2.06. The van der Waals surface area contributed by atoms with Gasteiger partial charge in [0.25, 0.3) is 0 Å². The summed E-state index contributed by atoms with van der Waals surface area (Å²) < 4.78 is 0. The topological polar surface area (TPSA) is 46.3 Å². The summed E-state index contributed by atoms with van der Waals surface area (Å²) in [6.45, 7) is 3.06. The van der Waals surface area contributed by atoms with Crippen molar-refractivity contribution in [1.82, 2.24) is 0 Å². The van der Waals surface area contributed by atoms with E-state index in [2.05, 4.69) is 5.92 Å². The summed E-state index contributed by atoms with van der Waals surface area (Å²) in [7, 11) is 0. The summed E-state index contributed by atoms with van der Waals surface area (Å²) in [4.78, 5) is 12.7. The van der Waals surface area contributed by atoms with Crippen LogP contribution in [-0.2, 0) is 4.79 Å². The van der Waals surface area contributed by atoms with Crippen LogP contribution in [0.2, 0.25) is 0 Å². The van der Waals surface area contributed by atoms with Gasteiger partial charge in [-0.15, -0.1) is 6.42 Å². The average Bonchev–Trinajstić information content (AvgIpc) is 2.24. The number of terminal acetylenes is 1. The molecule has 0 aromatic heterocycles. The van der Waals surface area contributed by atoms with Crippen LogP contribution < -0.4 is 10.6 Å². The summed E-state index contributed by atoms with van der Waals surface area (Å²) >= 11 is 0. The van der Waals surface area contributed by atoms with Crippen LogP contribution in [0.4, 0.5) is 5.69 Å². The maximum atomic E-state index is 10.8. The minimum atomic E-state index is -0.310. The zero-order valence-corrected chi connectivity index (χ0v) is 9.44. The summed E-state index contributed by atoms with van der Waals surface area (Å²) in [5.41, 5.74) is 7.32. The number of aryl methyl sites for hydroxylation is 1. The number of benzene rings is 1. The molecule has 2 N–H and O–H groups in total. The van der Waals surface area contributed by atoms with Gasteiger partial charge in [-0.25, -0.2) is 0 Å². The Hall–Kier alpha value is -1.95. The predicted molar refractivity (Wildman–Crippen MR) is 66.0 cm³/mol. The number of nitrogens with zero attached hydrogens (tertiary/aromatic N) is 1. The molecule has 0 heterocycles. The smallest absolute Gasteiger partial charge is 0.219 e. The van der Waals surface area contributed by atoms with E-state index in [1.165, 1.54) is 5.56 Å². The van der Waals surface area contributed by atoms with Crippen molar-refractivity contribution in [3.8, 4) is 12.3 Å². The Balaban J connectivity index is 2.77. The van der Waals surface area contributed by atoms with Crippen molar-refractivity contribution in [1.29, 1.82) is 0 Å². The molecule has 0 atom stereocenters. The van der Waals surface area contributed by atoms with E-state index >= 15 is 0 Å². The molecule has 16 heavy (non-hydrogen) atoms. The van der Waals surface area contributed by atoms with Crippen LogP contribution >= 0.6 is 0 Å². The monoisotopic (exact) mass is 216 g/mol. The van der Waals surface area contributed by atoms with Gasteiger partial charge in [0, 0.05) is 18.7 Å². The minimum Gasteiger partial charge on any atom is -0.370 e.